The van der Waals surface area contributed by atoms with Crippen molar-refractivity contribution in [1.82, 2.24) is 9.55 Å². The molecule has 0 unspecified atom stereocenters. The SMILES string of the molecule is CCn1c2ccccc2c2cc(/C=C/c3nc4ccc5ccccc5c4s3)ccc21. The predicted octanol–water partition coefficient (Wildman–Crippen LogP) is 7.75. The van der Waals surface area contributed by atoms with E-state index in [1.807, 2.05) is 0 Å². The quantitative estimate of drug-likeness (QED) is 0.295. The summed E-state index contributed by atoms with van der Waals surface area (Å²) in [6.07, 6.45) is 4.32. The summed E-state index contributed by atoms with van der Waals surface area (Å²) in [6.45, 7) is 3.18. The molecule has 0 spiro atoms. The molecule has 2 nitrogen and oxygen atoms in total. The summed E-state index contributed by atoms with van der Waals surface area (Å²) in [5, 5.41) is 6.21. The number of para-hydroxylation sites is 1. The third-order valence-corrected chi connectivity index (χ3v) is 6.90. The second-order valence-corrected chi connectivity index (χ2v) is 8.59. The predicted molar refractivity (Wildman–Crippen MR) is 131 cm³/mol. The number of aryl methyl sites for hydroxylation is 1. The zero-order valence-corrected chi connectivity index (χ0v) is 17.5. The van der Waals surface area contributed by atoms with Crippen molar-refractivity contribution in [2.24, 2.45) is 0 Å². The molecule has 0 atom stereocenters. The third-order valence-electron chi connectivity index (χ3n) is 5.83. The maximum absolute atomic E-state index is 4.84. The molecule has 0 fully saturated rings. The van der Waals surface area contributed by atoms with Crippen molar-refractivity contribution in [3.05, 3.63) is 89.4 Å². The zero-order valence-electron chi connectivity index (χ0n) is 16.7. The fourth-order valence-electron chi connectivity index (χ4n) is 4.43. The maximum Gasteiger partial charge on any atom is 0.117 e. The van der Waals surface area contributed by atoms with Gasteiger partial charge in [-0.05, 0) is 48.2 Å². The highest BCUT2D eigenvalue weighted by Gasteiger charge is 2.09. The number of thiazole rings is 1. The van der Waals surface area contributed by atoms with Crippen LogP contribution in [0.5, 0.6) is 0 Å². The van der Waals surface area contributed by atoms with Crippen LogP contribution in [0.3, 0.4) is 0 Å². The number of fused-ring (bicyclic) bond motifs is 6. The van der Waals surface area contributed by atoms with Crippen LogP contribution in [0, 0.1) is 0 Å². The van der Waals surface area contributed by atoms with Crippen LogP contribution >= 0.6 is 11.3 Å². The van der Waals surface area contributed by atoms with E-state index in [-0.39, 0.29) is 0 Å². The van der Waals surface area contributed by atoms with E-state index in [4.69, 9.17) is 4.98 Å². The number of benzene rings is 4. The van der Waals surface area contributed by atoms with Crippen molar-refractivity contribution in [2.45, 2.75) is 13.5 Å². The summed E-state index contributed by atoms with van der Waals surface area (Å²) < 4.78 is 3.64. The van der Waals surface area contributed by atoms with E-state index in [0.717, 1.165) is 17.1 Å². The summed E-state index contributed by atoms with van der Waals surface area (Å²) >= 11 is 1.76. The molecule has 0 aliphatic carbocycles. The average Bonchev–Trinajstić information content (AvgIpc) is 3.36. The van der Waals surface area contributed by atoms with Gasteiger partial charge in [-0.1, -0.05) is 60.7 Å². The van der Waals surface area contributed by atoms with Crippen molar-refractivity contribution < 1.29 is 0 Å². The number of hydrogen-bond donors (Lipinski definition) is 0. The molecule has 4 aromatic carbocycles. The highest BCUT2D eigenvalue weighted by Crippen LogP contribution is 2.32. The molecule has 144 valence electrons. The van der Waals surface area contributed by atoms with Gasteiger partial charge in [-0.2, -0.15) is 0 Å². The number of rotatable bonds is 3. The molecule has 6 rings (SSSR count). The highest BCUT2D eigenvalue weighted by atomic mass is 32.1. The van der Waals surface area contributed by atoms with Gasteiger partial charge < -0.3 is 4.57 Å². The Morgan fingerprint density at radius 3 is 2.50 bits per heavy atom. The minimum absolute atomic E-state index is 0.971. The lowest BCUT2D eigenvalue weighted by Crippen LogP contribution is -1.92. The smallest absolute Gasteiger partial charge is 0.117 e. The fraction of sp³-hybridized carbons (Fsp3) is 0.0741. The van der Waals surface area contributed by atoms with Crippen LogP contribution in [0.2, 0.25) is 0 Å². The van der Waals surface area contributed by atoms with Gasteiger partial charge in [-0.15, -0.1) is 11.3 Å². The summed E-state index contributed by atoms with van der Waals surface area (Å²) in [6, 6.07) is 28.2. The zero-order chi connectivity index (χ0) is 20.1. The molecule has 0 bridgehead atoms. The topological polar surface area (TPSA) is 17.8 Å². The first-order valence-electron chi connectivity index (χ1n) is 10.3. The molecular weight excluding hydrogens is 384 g/mol. The highest BCUT2D eigenvalue weighted by molar-refractivity contribution is 7.20. The van der Waals surface area contributed by atoms with Crippen molar-refractivity contribution in [1.29, 1.82) is 0 Å². The fourth-order valence-corrected chi connectivity index (χ4v) is 5.43. The lowest BCUT2D eigenvalue weighted by molar-refractivity contribution is 0.827. The van der Waals surface area contributed by atoms with Gasteiger partial charge in [0, 0.05) is 33.7 Å². The Hall–Kier alpha value is -3.43. The first kappa shape index (κ1) is 17.4. The summed E-state index contributed by atoms with van der Waals surface area (Å²) in [5.74, 6) is 0. The molecule has 0 amide bonds. The number of aromatic nitrogens is 2. The normalized spacial score (nSPS) is 12.2. The summed E-state index contributed by atoms with van der Waals surface area (Å²) in [5.41, 5.74) is 4.86. The Kier molecular flexibility index (Phi) is 3.96. The molecule has 0 saturated carbocycles. The van der Waals surface area contributed by atoms with Gasteiger partial charge in [0.05, 0.1) is 10.2 Å². The lowest BCUT2D eigenvalue weighted by atomic mass is 10.1. The van der Waals surface area contributed by atoms with E-state index >= 15 is 0 Å². The van der Waals surface area contributed by atoms with Crippen LogP contribution < -0.4 is 0 Å². The minimum Gasteiger partial charge on any atom is -0.341 e. The summed E-state index contributed by atoms with van der Waals surface area (Å²) in [4.78, 5) is 4.84. The molecule has 0 aliphatic heterocycles. The Bertz CT molecular complexity index is 1580. The molecule has 2 heterocycles. The van der Waals surface area contributed by atoms with E-state index in [1.54, 1.807) is 11.3 Å². The standard InChI is InChI=1S/C27H20N2S/c1-2-29-24-10-6-5-9-21(24)22-17-18(11-15-25(22)29)12-16-26-28-23-14-13-19-7-3-4-8-20(19)27(23)30-26/h3-17H,2H2,1H3/b16-12+. The Morgan fingerprint density at radius 1 is 0.800 bits per heavy atom. The monoisotopic (exact) mass is 404 g/mol. The van der Waals surface area contributed by atoms with Crippen molar-refractivity contribution in [3.8, 4) is 0 Å². The lowest BCUT2D eigenvalue weighted by Gasteiger charge is -2.02. The van der Waals surface area contributed by atoms with E-state index < -0.39 is 0 Å². The first-order valence-corrected chi connectivity index (χ1v) is 11.1. The van der Waals surface area contributed by atoms with Gasteiger partial charge in [-0.3, -0.25) is 0 Å². The van der Waals surface area contributed by atoms with Crippen molar-refractivity contribution in [2.75, 3.05) is 0 Å². The van der Waals surface area contributed by atoms with Crippen LogP contribution in [0.25, 0.3) is 54.9 Å². The first-order chi connectivity index (χ1) is 14.8. The average molecular weight is 405 g/mol. The van der Waals surface area contributed by atoms with Gasteiger partial charge in [0.1, 0.15) is 5.01 Å². The Labute approximate surface area is 178 Å². The second-order valence-electron chi connectivity index (χ2n) is 7.56. The molecule has 3 heteroatoms. The van der Waals surface area contributed by atoms with Crippen LogP contribution in [0.15, 0.2) is 78.9 Å². The van der Waals surface area contributed by atoms with Crippen LogP contribution in [-0.4, -0.2) is 9.55 Å². The van der Waals surface area contributed by atoms with Crippen LogP contribution in [0.4, 0.5) is 0 Å². The molecule has 0 radical (unpaired) electrons. The Morgan fingerprint density at radius 2 is 1.60 bits per heavy atom. The van der Waals surface area contributed by atoms with Gasteiger partial charge in [-0.25, -0.2) is 4.98 Å². The molecule has 0 N–H and O–H groups in total. The summed E-state index contributed by atoms with van der Waals surface area (Å²) in [7, 11) is 0. The largest absolute Gasteiger partial charge is 0.341 e. The molecule has 0 aliphatic rings. The molecular formula is C27H20N2S. The second kappa shape index (κ2) is 6.82. The van der Waals surface area contributed by atoms with E-state index in [0.29, 0.717) is 0 Å². The van der Waals surface area contributed by atoms with Gasteiger partial charge >= 0.3 is 0 Å². The van der Waals surface area contributed by atoms with E-state index in [2.05, 4.69) is 103 Å². The van der Waals surface area contributed by atoms with Crippen LogP contribution in [0.1, 0.15) is 17.5 Å². The van der Waals surface area contributed by atoms with Crippen molar-refractivity contribution in [3.63, 3.8) is 0 Å². The third kappa shape index (κ3) is 2.66. The van der Waals surface area contributed by atoms with E-state index in [1.165, 1.54) is 42.8 Å². The Balaban J connectivity index is 1.44. The molecule has 0 saturated heterocycles. The van der Waals surface area contributed by atoms with Gasteiger partial charge in [0.25, 0.3) is 0 Å². The van der Waals surface area contributed by atoms with Gasteiger partial charge in [0.2, 0.25) is 0 Å². The minimum atomic E-state index is 0.971. The maximum atomic E-state index is 4.84. The number of hydrogen-bond acceptors (Lipinski definition) is 2. The van der Waals surface area contributed by atoms with Crippen molar-refractivity contribution >= 4 is 66.3 Å². The molecule has 2 aromatic heterocycles. The van der Waals surface area contributed by atoms with Crippen LogP contribution in [-0.2, 0) is 6.54 Å². The molecule has 6 aromatic rings. The number of nitrogens with zero attached hydrogens (tertiary/aromatic N) is 2. The van der Waals surface area contributed by atoms with E-state index in [9.17, 15) is 0 Å². The van der Waals surface area contributed by atoms with Gasteiger partial charge in [0.15, 0.2) is 0 Å². The molecule has 30 heavy (non-hydrogen) atoms.